The van der Waals surface area contributed by atoms with Gasteiger partial charge in [0.2, 0.25) is 0 Å². The molecule has 0 N–H and O–H groups in total. The zero-order valence-corrected chi connectivity index (χ0v) is 12.1. The van der Waals surface area contributed by atoms with Crippen molar-refractivity contribution >= 4 is 5.52 Å². The first kappa shape index (κ1) is 12.7. The van der Waals surface area contributed by atoms with Crippen LogP contribution in [0, 0.1) is 6.92 Å². The van der Waals surface area contributed by atoms with Crippen LogP contribution in [0.1, 0.15) is 44.1 Å². The maximum atomic E-state index is 4.71. The number of piperidine rings is 1. The van der Waals surface area contributed by atoms with Gasteiger partial charge in [-0.15, -0.1) is 0 Å². The monoisotopic (exact) mass is 257 g/mol. The second kappa shape index (κ2) is 4.97. The van der Waals surface area contributed by atoms with Gasteiger partial charge in [0.15, 0.2) is 0 Å². The topological polar surface area (TPSA) is 20.5 Å². The Kier molecular flexibility index (Phi) is 3.31. The van der Waals surface area contributed by atoms with E-state index in [1.165, 1.54) is 36.4 Å². The normalized spacial score (nSPS) is 21.4. The number of aryl methyl sites for hydroxylation is 1. The minimum Gasteiger partial charge on any atom is -0.301 e. The minimum atomic E-state index is 0.569. The van der Waals surface area contributed by atoms with Crippen LogP contribution in [0.25, 0.3) is 5.52 Å². The van der Waals surface area contributed by atoms with E-state index in [1.807, 2.05) is 6.20 Å². The molecule has 3 heteroatoms. The highest BCUT2D eigenvalue weighted by molar-refractivity contribution is 5.47. The Labute approximate surface area is 115 Å². The van der Waals surface area contributed by atoms with Gasteiger partial charge in [-0.3, -0.25) is 0 Å². The molecule has 0 radical (unpaired) electrons. The fourth-order valence-electron chi connectivity index (χ4n) is 3.22. The third kappa shape index (κ3) is 2.27. The van der Waals surface area contributed by atoms with Gasteiger partial charge in [0.05, 0.1) is 11.7 Å². The molecule has 0 spiro atoms. The SMILES string of the molecule is Cc1cccc2cnc(C3CCCN(C(C)C)C3)n12. The average molecular weight is 257 g/mol. The predicted octanol–water partition coefficient (Wildman–Crippen LogP) is 3.23. The van der Waals surface area contributed by atoms with Gasteiger partial charge in [-0.2, -0.15) is 0 Å². The number of rotatable bonds is 2. The smallest absolute Gasteiger partial charge is 0.117 e. The lowest BCUT2D eigenvalue weighted by atomic mass is 9.96. The molecule has 19 heavy (non-hydrogen) atoms. The van der Waals surface area contributed by atoms with Crippen LogP contribution in [0.3, 0.4) is 0 Å². The Morgan fingerprint density at radius 3 is 2.95 bits per heavy atom. The first-order valence-electron chi connectivity index (χ1n) is 7.34. The van der Waals surface area contributed by atoms with Crippen molar-refractivity contribution in [3.63, 3.8) is 0 Å². The van der Waals surface area contributed by atoms with Crippen molar-refractivity contribution in [2.75, 3.05) is 13.1 Å². The third-order valence-corrected chi connectivity index (χ3v) is 4.32. The van der Waals surface area contributed by atoms with E-state index in [0.29, 0.717) is 12.0 Å². The second-order valence-electron chi connectivity index (χ2n) is 5.97. The summed E-state index contributed by atoms with van der Waals surface area (Å²) in [5, 5.41) is 0. The molecule has 102 valence electrons. The zero-order valence-electron chi connectivity index (χ0n) is 12.1. The maximum absolute atomic E-state index is 4.71. The molecule has 3 rings (SSSR count). The van der Waals surface area contributed by atoms with E-state index in [-0.39, 0.29) is 0 Å². The van der Waals surface area contributed by atoms with Crippen LogP contribution in [0.4, 0.5) is 0 Å². The fraction of sp³-hybridized carbons (Fsp3) is 0.562. The molecule has 1 aliphatic rings. The Bertz CT molecular complexity index is 570. The predicted molar refractivity (Wildman–Crippen MR) is 78.6 cm³/mol. The van der Waals surface area contributed by atoms with Crippen LogP contribution in [-0.4, -0.2) is 33.4 Å². The molecule has 0 aromatic carbocycles. The lowest BCUT2D eigenvalue weighted by Gasteiger charge is -2.35. The van der Waals surface area contributed by atoms with Crippen LogP contribution in [0.5, 0.6) is 0 Å². The first-order chi connectivity index (χ1) is 9.16. The van der Waals surface area contributed by atoms with E-state index in [9.17, 15) is 0 Å². The highest BCUT2D eigenvalue weighted by Crippen LogP contribution is 2.28. The molecule has 0 saturated carbocycles. The molecule has 2 aromatic heterocycles. The van der Waals surface area contributed by atoms with E-state index in [4.69, 9.17) is 4.98 Å². The van der Waals surface area contributed by atoms with E-state index in [0.717, 1.165) is 6.54 Å². The van der Waals surface area contributed by atoms with Crippen LogP contribution >= 0.6 is 0 Å². The lowest BCUT2D eigenvalue weighted by molar-refractivity contribution is 0.164. The molecule has 0 bridgehead atoms. The highest BCUT2D eigenvalue weighted by atomic mass is 15.2. The molecule has 0 aliphatic carbocycles. The second-order valence-corrected chi connectivity index (χ2v) is 5.97. The standard InChI is InChI=1S/C16H23N3/c1-12(2)18-9-5-7-14(11-18)16-17-10-15-8-4-6-13(3)19(15)16/h4,6,8,10,12,14H,5,7,9,11H2,1-3H3. The lowest BCUT2D eigenvalue weighted by Crippen LogP contribution is -2.39. The largest absolute Gasteiger partial charge is 0.301 e. The summed E-state index contributed by atoms with van der Waals surface area (Å²) in [7, 11) is 0. The van der Waals surface area contributed by atoms with Crippen LogP contribution in [0.2, 0.25) is 0 Å². The summed E-state index contributed by atoms with van der Waals surface area (Å²) in [5.74, 6) is 1.82. The molecule has 3 nitrogen and oxygen atoms in total. The summed E-state index contributed by atoms with van der Waals surface area (Å²) in [5.41, 5.74) is 2.50. The van der Waals surface area contributed by atoms with Crippen LogP contribution in [0.15, 0.2) is 24.4 Å². The average Bonchev–Trinajstić information content (AvgIpc) is 2.84. The van der Waals surface area contributed by atoms with Gasteiger partial charge in [-0.25, -0.2) is 4.98 Å². The van der Waals surface area contributed by atoms with E-state index < -0.39 is 0 Å². The molecule has 1 atom stereocenters. The maximum Gasteiger partial charge on any atom is 0.117 e. The van der Waals surface area contributed by atoms with Crippen molar-refractivity contribution < 1.29 is 0 Å². The molecule has 1 aliphatic heterocycles. The number of hydrogen-bond donors (Lipinski definition) is 0. The summed E-state index contributed by atoms with van der Waals surface area (Å²) in [6.07, 6.45) is 4.55. The number of nitrogens with zero attached hydrogens (tertiary/aromatic N) is 3. The Morgan fingerprint density at radius 1 is 1.32 bits per heavy atom. The molecule has 1 unspecified atom stereocenters. The van der Waals surface area contributed by atoms with Crippen LogP contribution in [-0.2, 0) is 0 Å². The quantitative estimate of drug-likeness (QED) is 0.823. The van der Waals surface area contributed by atoms with E-state index in [2.05, 4.69) is 48.3 Å². The van der Waals surface area contributed by atoms with Crippen LogP contribution < -0.4 is 0 Å². The molecule has 2 aromatic rings. The van der Waals surface area contributed by atoms with Crippen molar-refractivity contribution in [1.82, 2.24) is 14.3 Å². The van der Waals surface area contributed by atoms with E-state index in [1.54, 1.807) is 0 Å². The van der Waals surface area contributed by atoms with Gasteiger partial charge in [-0.1, -0.05) is 6.07 Å². The molecule has 1 saturated heterocycles. The van der Waals surface area contributed by atoms with Crippen molar-refractivity contribution in [3.8, 4) is 0 Å². The minimum absolute atomic E-state index is 0.569. The highest BCUT2D eigenvalue weighted by Gasteiger charge is 2.25. The van der Waals surface area contributed by atoms with Gasteiger partial charge in [-0.05, 0) is 52.3 Å². The van der Waals surface area contributed by atoms with Gasteiger partial charge >= 0.3 is 0 Å². The summed E-state index contributed by atoms with van der Waals surface area (Å²) in [6, 6.07) is 7.06. The Hall–Kier alpha value is -1.35. The summed E-state index contributed by atoms with van der Waals surface area (Å²) in [4.78, 5) is 7.29. The molecule has 3 heterocycles. The number of aromatic nitrogens is 2. The third-order valence-electron chi connectivity index (χ3n) is 4.32. The van der Waals surface area contributed by atoms with Crippen molar-refractivity contribution in [2.24, 2.45) is 0 Å². The van der Waals surface area contributed by atoms with Gasteiger partial charge in [0, 0.05) is 24.2 Å². The molecule has 0 amide bonds. The number of likely N-dealkylation sites (tertiary alicyclic amines) is 1. The molecular formula is C16H23N3. The van der Waals surface area contributed by atoms with E-state index >= 15 is 0 Å². The van der Waals surface area contributed by atoms with Crippen molar-refractivity contribution in [1.29, 1.82) is 0 Å². The molecular weight excluding hydrogens is 234 g/mol. The number of fused-ring (bicyclic) bond motifs is 1. The zero-order chi connectivity index (χ0) is 13.4. The number of pyridine rings is 1. The number of hydrogen-bond acceptors (Lipinski definition) is 2. The summed E-state index contributed by atoms with van der Waals surface area (Å²) >= 11 is 0. The molecule has 1 fully saturated rings. The van der Waals surface area contributed by atoms with Gasteiger partial charge < -0.3 is 9.30 Å². The van der Waals surface area contributed by atoms with Gasteiger partial charge in [0.25, 0.3) is 0 Å². The number of imidazole rings is 1. The Morgan fingerprint density at radius 2 is 2.16 bits per heavy atom. The fourth-order valence-corrected chi connectivity index (χ4v) is 3.22. The van der Waals surface area contributed by atoms with Crippen molar-refractivity contribution in [2.45, 2.75) is 45.6 Å². The first-order valence-corrected chi connectivity index (χ1v) is 7.34. The summed E-state index contributed by atoms with van der Waals surface area (Å²) < 4.78 is 2.33. The Balaban J connectivity index is 1.96. The summed E-state index contributed by atoms with van der Waals surface area (Å²) in [6.45, 7) is 9.12. The van der Waals surface area contributed by atoms with Crippen molar-refractivity contribution in [3.05, 3.63) is 35.9 Å². The van der Waals surface area contributed by atoms with Gasteiger partial charge in [0.1, 0.15) is 5.82 Å².